The van der Waals surface area contributed by atoms with Gasteiger partial charge < -0.3 is 0 Å². The van der Waals surface area contributed by atoms with Gasteiger partial charge in [-0.2, -0.15) is 0 Å². The maximum Gasteiger partial charge on any atom is 0.164 e. The average molecular weight is 1360 g/mol. The fourth-order valence-corrected chi connectivity index (χ4v) is 15.6. The number of rotatable bonds is 12. The van der Waals surface area contributed by atoms with Gasteiger partial charge in [-0.15, -0.1) is 0 Å². The van der Waals surface area contributed by atoms with Gasteiger partial charge in [0.05, 0.1) is 0 Å². The van der Waals surface area contributed by atoms with E-state index in [1.807, 2.05) is 85.2 Å². The first-order valence-corrected chi connectivity index (χ1v) is 36.0. The molecule has 8 heteroatoms. The van der Waals surface area contributed by atoms with Crippen LogP contribution in [-0.2, 0) is 10.8 Å². The zero-order valence-electron chi connectivity index (χ0n) is 59.1. The van der Waals surface area contributed by atoms with Gasteiger partial charge in [-0.25, -0.2) is 29.9 Å². The highest BCUT2D eigenvalue weighted by Crippen LogP contribution is 2.54. The molecule has 4 heterocycles. The molecule has 0 saturated heterocycles. The smallest absolute Gasteiger partial charge is 0.164 e. The molecule has 0 amide bonds. The van der Waals surface area contributed by atoms with E-state index in [0.717, 1.165) is 77.9 Å². The average Bonchev–Trinajstić information content (AvgIpc) is 1.56. The Balaban J connectivity index is 0.000000151. The predicted molar refractivity (Wildman–Crippen MR) is 433 cm³/mol. The van der Waals surface area contributed by atoms with Crippen molar-refractivity contribution in [2.24, 2.45) is 0 Å². The molecule has 502 valence electrons. The lowest BCUT2D eigenvalue weighted by atomic mass is 9.80. The van der Waals surface area contributed by atoms with Crippen molar-refractivity contribution < 1.29 is 0 Å². The molecule has 19 rings (SSSR count). The molecular formula is C98H70N8. The van der Waals surface area contributed by atoms with E-state index in [-0.39, 0.29) is 10.8 Å². The van der Waals surface area contributed by atoms with Crippen molar-refractivity contribution in [1.82, 2.24) is 39.9 Å². The Labute approximate surface area is 617 Å². The van der Waals surface area contributed by atoms with Gasteiger partial charge in [0, 0.05) is 69.0 Å². The zero-order chi connectivity index (χ0) is 71.3. The lowest BCUT2D eigenvalue weighted by Crippen LogP contribution is -2.15. The van der Waals surface area contributed by atoms with Crippen molar-refractivity contribution in [3.63, 3.8) is 0 Å². The van der Waals surface area contributed by atoms with Crippen LogP contribution in [-0.4, -0.2) is 39.9 Å². The molecule has 0 radical (unpaired) electrons. The highest BCUT2D eigenvalue weighted by atomic mass is 15.0. The third-order valence-corrected chi connectivity index (χ3v) is 21.1. The van der Waals surface area contributed by atoms with Crippen LogP contribution in [0, 0.1) is 0 Å². The first-order valence-electron chi connectivity index (χ1n) is 36.0. The van der Waals surface area contributed by atoms with E-state index in [0.29, 0.717) is 34.9 Å². The maximum atomic E-state index is 4.99. The van der Waals surface area contributed by atoms with Gasteiger partial charge in [-0.05, 0) is 152 Å². The molecule has 0 aliphatic heterocycles. The molecule has 0 N–H and O–H groups in total. The SMILES string of the molecule is CC1(C)c2ccc(-c3cccc(-c4ccc(-c5nc(-c6ccccc6)nc(-c6ccc(-c7cccnc7)cc6)n5)cc4)c3)cc2-c2ccc3ccccc3c21.CC1(C)c2ccccc2-c2c(-c3cccc(-c4ccc(-c5nc(-c6ccccc6)nc(-c6ccc(-c7cccnc7)cc6)n5)cc4)c3)cccc21. The highest BCUT2D eigenvalue weighted by molar-refractivity contribution is 5.99. The minimum Gasteiger partial charge on any atom is -0.264 e. The van der Waals surface area contributed by atoms with Gasteiger partial charge in [-0.1, -0.05) is 325 Å². The predicted octanol–water partition coefficient (Wildman–Crippen LogP) is 24.3. The molecule has 8 nitrogen and oxygen atoms in total. The molecule has 13 aromatic carbocycles. The maximum absolute atomic E-state index is 4.99. The molecule has 2 aliphatic rings. The van der Waals surface area contributed by atoms with E-state index in [2.05, 4.69) is 292 Å². The number of fused-ring (bicyclic) bond motifs is 8. The summed E-state index contributed by atoms with van der Waals surface area (Å²) >= 11 is 0. The van der Waals surface area contributed by atoms with E-state index < -0.39 is 0 Å². The number of hydrogen-bond donors (Lipinski definition) is 0. The minimum absolute atomic E-state index is 0.0338. The van der Waals surface area contributed by atoms with Gasteiger partial charge in [0.2, 0.25) is 0 Å². The van der Waals surface area contributed by atoms with Crippen LogP contribution < -0.4 is 0 Å². The number of benzene rings is 13. The Morgan fingerprint density at radius 3 is 1.06 bits per heavy atom. The van der Waals surface area contributed by atoms with Crippen LogP contribution in [0.25, 0.3) is 168 Å². The molecule has 0 spiro atoms. The summed E-state index contributed by atoms with van der Waals surface area (Å²) in [6.07, 6.45) is 7.32. The van der Waals surface area contributed by atoms with Crippen LogP contribution in [0.2, 0.25) is 0 Å². The summed E-state index contributed by atoms with van der Waals surface area (Å²) < 4.78 is 0. The first-order chi connectivity index (χ1) is 52.0. The summed E-state index contributed by atoms with van der Waals surface area (Å²) in [5.74, 6) is 3.82. The molecule has 17 aromatic rings. The summed E-state index contributed by atoms with van der Waals surface area (Å²) in [4.78, 5) is 38.3. The summed E-state index contributed by atoms with van der Waals surface area (Å²) in [6.45, 7) is 9.37. The molecular weight excluding hydrogens is 1290 g/mol. The number of hydrogen-bond acceptors (Lipinski definition) is 8. The largest absolute Gasteiger partial charge is 0.264 e. The molecule has 4 aromatic heterocycles. The van der Waals surface area contributed by atoms with E-state index in [1.165, 1.54) is 77.5 Å². The van der Waals surface area contributed by atoms with E-state index in [1.54, 1.807) is 12.4 Å². The monoisotopic (exact) mass is 1360 g/mol. The van der Waals surface area contributed by atoms with Crippen molar-refractivity contribution in [3.05, 3.63) is 375 Å². The Hall–Kier alpha value is -13.6. The van der Waals surface area contributed by atoms with Crippen molar-refractivity contribution in [3.8, 4) is 157 Å². The Kier molecular flexibility index (Phi) is 16.4. The van der Waals surface area contributed by atoms with Gasteiger partial charge in [0.15, 0.2) is 34.9 Å². The fraction of sp³-hybridized carbons (Fsp3) is 0.0612. The fourth-order valence-electron chi connectivity index (χ4n) is 15.6. The second-order valence-corrected chi connectivity index (χ2v) is 28.3. The van der Waals surface area contributed by atoms with Crippen LogP contribution in [0.3, 0.4) is 0 Å². The Bertz CT molecular complexity index is 6140. The van der Waals surface area contributed by atoms with Crippen molar-refractivity contribution in [2.75, 3.05) is 0 Å². The van der Waals surface area contributed by atoms with Crippen LogP contribution in [0.5, 0.6) is 0 Å². The number of nitrogens with zero attached hydrogens (tertiary/aromatic N) is 8. The van der Waals surface area contributed by atoms with Gasteiger partial charge in [0.1, 0.15) is 0 Å². The molecule has 0 fully saturated rings. The van der Waals surface area contributed by atoms with Crippen molar-refractivity contribution in [1.29, 1.82) is 0 Å². The lowest BCUT2D eigenvalue weighted by Gasteiger charge is -2.23. The molecule has 0 saturated carbocycles. The van der Waals surface area contributed by atoms with Gasteiger partial charge in [0.25, 0.3) is 0 Å². The number of aromatic nitrogens is 8. The molecule has 0 atom stereocenters. The second-order valence-electron chi connectivity index (χ2n) is 28.3. The van der Waals surface area contributed by atoms with Gasteiger partial charge in [-0.3, -0.25) is 9.97 Å². The Morgan fingerprint density at radius 1 is 0.208 bits per heavy atom. The van der Waals surface area contributed by atoms with Gasteiger partial charge >= 0.3 is 0 Å². The van der Waals surface area contributed by atoms with Crippen molar-refractivity contribution in [2.45, 2.75) is 38.5 Å². The molecule has 106 heavy (non-hydrogen) atoms. The first kappa shape index (κ1) is 64.5. The topological polar surface area (TPSA) is 103 Å². The Morgan fingerprint density at radius 2 is 0.557 bits per heavy atom. The summed E-state index contributed by atoms with van der Waals surface area (Å²) in [5, 5.41) is 2.63. The molecule has 0 bridgehead atoms. The molecule has 2 aliphatic carbocycles. The van der Waals surface area contributed by atoms with E-state index in [4.69, 9.17) is 29.9 Å². The quantitative estimate of drug-likeness (QED) is 0.119. The normalized spacial score (nSPS) is 12.7. The molecule has 0 unspecified atom stereocenters. The third-order valence-electron chi connectivity index (χ3n) is 21.1. The number of pyridine rings is 2. The van der Waals surface area contributed by atoms with E-state index >= 15 is 0 Å². The van der Waals surface area contributed by atoms with Crippen LogP contribution in [0.1, 0.15) is 49.9 Å². The summed E-state index contributed by atoms with van der Waals surface area (Å²) in [5.41, 5.74) is 30.2. The standard InChI is InChI=1S/C51H36N4.C47H34N4/c1-51(2)46-28-26-41(31-45(46)44-27-25-35-10-6-7-16-43(35)47(44)51)40-14-8-13-39(30-40)33-17-21-37(22-18-33)49-53-48(36-11-4-3-5-12-36)54-50(55-49)38-23-19-34(20-24-38)42-15-9-29-52-32-42;1-47(2)41-18-7-6-16-40(41)43-39(17-9-19-42(43)47)37-14-8-13-36(29-37)31-20-24-34(25-21-31)45-49-44(33-11-4-3-5-12-33)50-46(51-45)35-26-22-32(23-27-35)38-15-10-28-48-30-38/h3-32H,1-2H3;3-30H,1-2H3. The zero-order valence-corrected chi connectivity index (χ0v) is 59.1. The third kappa shape index (κ3) is 12.1. The summed E-state index contributed by atoms with van der Waals surface area (Å²) in [6, 6.07) is 116. The van der Waals surface area contributed by atoms with Crippen LogP contribution >= 0.6 is 0 Å². The second kappa shape index (κ2) is 27.0. The van der Waals surface area contributed by atoms with Crippen LogP contribution in [0.4, 0.5) is 0 Å². The van der Waals surface area contributed by atoms with Crippen LogP contribution in [0.15, 0.2) is 352 Å². The minimum atomic E-state index is -0.0697. The highest BCUT2D eigenvalue weighted by Gasteiger charge is 2.38. The lowest BCUT2D eigenvalue weighted by molar-refractivity contribution is 0.660. The van der Waals surface area contributed by atoms with E-state index in [9.17, 15) is 0 Å². The van der Waals surface area contributed by atoms with Crippen molar-refractivity contribution >= 4 is 10.8 Å². The summed E-state index contributed by atoms with van der Waals surface area (Å²) in [7, 11) is 0.